The molecule has 0 spiro atoms. The zero-order valence-electron chi connectivity index (χ0n) is 7.53. The van der Waals surface area contributed by atoms with Gasteiger partial charge in [-0.25, -0.2) is 9.98 Å². The molecule has 0 radical (unpaired) electrons. The molecule has 0 aromatic carbocycles. The molecule has 0 atom stereocenters. The number of aliphatic imine (C=N–C) groups is 1. The van der Waals surface area contributed by atoms with E-state index in [9.17, 15) is 0 Å². The Morgan fingerprint density at radius 2 is 2.17 bits per heavy atom. The lowest BCUT2D eigenvalue weighted by Crippen LogP contribution is -1.71. The Balaban J connectivity index is 3.07. The molecule has 3 heteroatoms. The van der Waals surface area contributed by atoms with Crippen LogP contribution in [0, 0.1) is 6.92 Å². The minimum Gasteiger partial charge on any atom is -0.423 e. The summed E-state index contributed by atoms with van der Waals surface area (Å²) in [6.07, 6.45) is 5.47. The van der Waals surface area contributed by atoms with Crippen molar-refractivity contribution < 1.29 is 4.42 Å². The molecule has 1 aromatic heterocycles. The molecule has 0 amide bonds. The first kappa shape index (κ1) is 8.71. The fourth-order valence-electron chi connectivity index (χ4n) is 0.909. The van der Waals surface area contributed by atoms with Crippen LogP contribution in [0.15, 0.2) is 15.5 Å². The average Bonchev–Trinajstić information content (AvgIpc) is 2.33. The summed E-state index contributed by atoms with van der Waals surface area (Å²) in [7, 11) is 0. The molecular formula is C9H12N2O. The summed E-state index contributed by atoms with van der Waals surface area (Å²) in [5, 5.41) is 0. The first-order valence-electron chi connectivity index (χ1n) is 3.86. The van der Waals surface area contributed by atoms with Gasteiger partial charge in [0.05, 0.1) is 0 Å². The van der Waals surface area contributed by atoms with Crippen molar-refractivity contribution in [1.82, 2.24) is 4.98 Å². The van der Waals surface area contributed by atoms with Crippen LogP contribution in [0.3, 0.4) is 0 Å². The number of hydrogen-bond acceptors (Lipinski definition) is 3. The Hall–Kier alpha value is -1.38. The van der Waals surface area contributed by atoms with E-state index < -0.39 is 0 Å². The lowest BCUT2D eigenvalue weighted by Gasteiger charge is -1.84. The van der Waals surface area contributed by atoms with Crippen LogP contribution in [-0.2, 0) is 0 Å². The van der Waals surface area contributed by atoms with Gasteiger partial charge in [0.1, 0.15) is 5.69 Å². The standard InChI is InChI=1S/C9H12N2O/c1-4-6-8-9(10-5-2)12-7(3)11-8/h4-6H,1-3H3/b6-4-,10-5?. The van der Waals surface area contributed by atoms with E-state index in [1.165, 1.54) is 0 Å². The molecule has 1 aromatic rings. The quantitative estimate of drug-likeness (QED) is 0.630. The smallest absolute Gasteiger partial charge is 0.246 e. The van der Waals surface area contributed by atoms with Gasteiger partial charge in [-0.05, 0) is 19.9 Å². The van der Waals surface area contributed by atoms with Crippen LogP contribution in [0.4, 0.5) is 5.88 Å². The molecule has 0 aliphatic rings. The van der Waals surface area contributed by atoms with E-state index in [0.717, 1.165) is 5.69 Å². The van der Waals surface area contributed by atoms with E-state index in [4.69, 9.17) is 4.42 Å². The molecule has 3 nitrogen and oxygen atoms in total. The van der Waals surface area contributed by atoms with Crippen molar-refractivity contribution in [3.05, 3.63) is 17.7 Å². The maximum Gasteiger partial charge on any atom is 0.246 e. The molecule has 0 fully saturated rings. The summed E-state index contributed by atoms with van der Waals surface area (Å²) in [5.41, 5.74) is 0.785. The first-order chi connectivity index (χ1) is 5.77. The predicted octanol–water partition coefficient (Wildman–Crippen LogP) is 2.74. The van der Waals surface area contributed by atoms with Crippen LogP contribution >= 0.6 is 0 Å². The van der Waals surface area contributed by atoms with Crippen LogP contribution in [0.2, 0.25) is 0 Å². The zero-order chi connectivity index (χ0) is 8.97. The number of nitrogens with zero attached hydrogens (tertiary/aromatic N) is 2. The number of aromatic nitrogens is 1. The van der Waals surface area contributed by atoms with Gasteiger partial charge in [0.2, 0.25) is 5.88 Å². The normalized spacial score (nSPS) is 11.9. The van der Waals surface area contributed by atoms with Gasteiger partial charge in [-0.2, -0.15) is 0 Å². The maximum absolute atomic E-state index is 5.25. The Kier molecular flexibility index (Phi) is 2.80. The van der Waals surface area contributed by atoms with Gasteiger partial charge in [-0.1, -0.05) is 6.08 Å². The van der Waals surface area contributed by atoms with E-state index >= 15 is 0 Å². The van der Waals surface area contributed by atoms with E-state index in [0.29, 0.717) is 11.8 Å². The van der Waals surface area contributed by atoms with Gasteiger partial charge < -0.3 is 4.42 Å². The second kappa shape index (κ2) is 3.85. The van der Waals surface area contributed by atoms with E-state index in [-0.39, 0.29) is 0 Å². The summed E-state index contributed by atoms with van der Waals surface area (Å²) in [5.74, 6) is 1.22. The molecule has 0 aliphatic heterocycles. The molecule has 0 unspecified atom stereocenters. The summed E-state index contributed by atoms with van der Waals surface area (Å²) >= 11 is 0. The number of oxazole rings is 1. The molecule has 0 N–H and O–H groups in total. The van der Waals surface area contributed by atoms with Crippen molar-refractivity contribution in [3.63, 3.8) is 0 Å². The van der Waals surface area contributed by atoms with Gasteiger partial charge in [0.15, 0.2) is 5.89 Å². The predicted molar refractivity (Wildman–Crippen MR) is 49.8 cm³/mol. The van der Waals surface area contributed by atoms with Crippen LogP contribution in [0.25, 0.3) is 6.08 Å². The lowest BCUT2D eigenvalue weighted by molar-refractivity contribution is 0.531. The highest BCUT2D eigenvalue weighted by Crippen LogP contribution is 2.20. The third kappa shape index (κ3) is 1.81. The third-order valence-electron chi connectivity index (χ3n) is 1.31. The zero-order valence-corrected chi connectivity index (χ0v) is 7.53. The van der Waals surface area contributed by atoms with E-state index in [2.05, 4.69) is 9.98 Å². The number of allylic oxidation sites excluding steroid dienone is 1. The van der Waals surface area contributed by atoms with Crippen molar-refractivity contribution in [2.75, 3.05) is 0 Å². The lowest BCUT2D eigenvalue weighted by atomic mass is 10.4. The average molecular weight is 164 g/mol. The van der Waals surface area contributed by atoms with Crippen molar-refractivity contribution in [1.29, 1.82) is 0 Å². The summed E-state index contributed by atoms with van der Waals surface area (Å²) in [6, 6.07) is 0. The van der Waals surface area contributed by atoms with Gasteiger partial charge in [0, 0.05) is 13.1 Å². The Morgan fingerprint density at radius 3 is 2.75 bits per heavy atom. The Morgan fingerprint density at radius 1 is 1.42 bits per heavy atom. The third-order valence-corrected chi connectivity index (χ3v) is 1.31. The molecule has 1 rings (SSSR count). The summed E-state index contributed by atoms with van der Waals surface area (Å²) in [4.78, 5) is 8.19. The molecular weight excluding hydrogens is 152 g/mol. The van der Waals surface area contributed by atoms with Gasteiger partial charge >= 0.3 is 0 Å². The van der Waals surface area contributed by atoms with Gasteiger partial charge in [0.25, 0.3) is 0 Å². The van der Waals surface area contributed by atoms with Gasteiger partial charge in [-0.3, -0.25) is 0 Å². The van der Waals surface area contributed by atoms with Crippen molar-refractivity contribution >= 4 is 18.2 Å². The van der Waals surface area contributed by atoms with Crippen molar-refractivity contribution in [2.24, 2.45) is 4.99 Å². The first-order valence-corrected chi connectivity index (χ1v) is 3.86. The minimum atomic E-state index is 0.577. The fraction of sp³-hybridized carbons (Fsp3) is 0.333. The second-order valence-electron chi connectivity index (χ2n) is 2.31. The molecule has 0 saturated heterocycles. The van der Waals surface area contributed by atoms with Crippen molar-refractivity contribution in [3.8, 4) is 0 Å². The highest BCUT2D eigenvalue weighted by atomic mass is 16.4. The van der Waals surface area contributed by atoms with Gasteiger partial charge in [-0.15, -0.1) is 0 Å². The summed E-state index contributed by atoms with van der Waals surface area (Å²) < 4.78 is 5.25. The van der Waals surface area contributed by atoms with Crippen LogP contribution in [0.5, 0.6) is 0 Å². The highest BCUT2D eigenvalue weighted by Gasteiger charge is 2.04. The van der Waals surface area contributed by atoms with E-state index in [1.807, 2.05) is 32.9 Å². The second-order valence-corrected chi connectivity index (χ2v) is 2.31. The maximum atomic E-state index is 5.25. The number of aryl methyl sites for hydroxylation is 1. The van der Waals surface area contributed by atoms with Crippen LogP contribution in [0.1, 0.15) is 25.4 Å². The molecule has 12 heavy (non-hydrogen) atoms. The van der Waals surface area contributed by atoms with Crippen LogP contribution < -0.4 is 0 Å². The largest absolute Gasteiger partial charge is 0.423 e. The number of rotatable bonds is 2. The molecule has 1 heterocycles. The van der Waals surface area contributed by atoms with Crippen molar-refractivity contribution in [2.45, 2.75) is 20.8 Å². The Bertz CT molecular complexity index is 281. The topological polar surface area (TPSA) is 38.4 Å². The fourth-order valence-corrected chi connectivity index (χ4v) is 0.909. The Labute approximate surface area is 71.8 Å². The monoisotopic (exact) mass is 164 g/mol. The molecule has 64 valence electrons. The SMILES string of the molecule is CC=Nc1oc(C)nc1/C=C\C. The van der Waals surface area contributed by atoms with E-state index in [1.54, 1.807) is 6.21 Å². The van der Waals surface area contributed by atoms with Crippen LogP contribution in [-0.4, -0.2) is 11.2 Å². The summed E-state index contributed by atoms with van der Waals surface area (Å²) in [6.45, 7) is 5.59. The number of hydrogen-bond donors (Lipinski definition) is 0. The molecule has 0 aliphatic carbocycles. The highest BCUT2D eigenvalue weighted by molar-refractivity contribution is 5.63. The molecule has 0 saturated carbocycles. The molecule has 0 bridgehead atoms. The minimum absolute atomic E-state index is 0.577.